The Kier molecular flexibility index (Phi) is 6.53. The van der Waals surface area contributed by atoms with Crippen LogP contribution < -0.4 is 14.8 Å². The van der Waals surface area contributed by atoms with Gasteiger partial charge in [0.15, 0.2) is 11.5 Å². The SMILES string of the molecule is COc1cccc(CN2CCC[C@H]([C@@H](NC(=O)C3CC3)c3ccccn3)C2)c1OC. The van der Waals surface area contributed by atoms with E-state index in [2.05, 4.69) is 21.3 Å². The minimum atomic E-state index is -0.0469. The smallest absolute Gasteiger partial charge is 0.223 e. The number of nitrogens with zero attached hydrogens (tertiary/aromatic N) is 2. The maximum Gasteiger partial charge on any atom is 0.223 e. The highest BCUT2D eigenvalue weighted by molar-refractivity contribution is 5.81. The Bertz CT molecular complexity index is 854. The second-order valence-corrected chi connectivity index (χ2v) is 8.31. The van der Waals surface area contributed by atoms with Gasteiger partial charge in [0, 0.05) is 30.8 Å². The van der Waals surface area contributed by atoms with E-state index in [0.29, 0.717) is 5.92 Å². The molecule has 2 atom stereocenters. The molecule has 1 aliphatic carbocycles. The van der Waals surface area contributed by atoms with Gasteiger partial charge in [-0.3, -0.25) is 14.7 Å². The van der Waals surface area contributed by atoms with Crippen LogP contribution in [0.4, 0.5) is 0 Å². The summed E-state index contributed by atoms with van der Waals surface area (Å²) in [5.74, 6) is 2.25. The zero-order chi connectivity index (χ0) is 20.9. The molecule has 4 rings (SSSR count). The fourth-order valence-electron chi connectivity index (χ4n) is 4.44. The van der Waals surface area contributed by atoms with Crippen LogP contribution in [0, 0.1) is 11.8 Å². The molecule has 2 aliphatic rings. The molecule has 1 saturated carbocycles. The summed E-state index contributed by atoms with van der Waals surface area (Å²) in [4.78, 5) is 19.6. The highest BCUT2D eigenvalue weighted by atomic mass is 16.5. The van der Waals surface area contributed by atoms with Crippen molar-refractivity contribution in [1.82, 2.24) is 15.2 Å². The monoisotopic (exact) mass is 409 g/mol. The van der Waals surface area contributed by atoms with Gasteiger partial charge in [-0.15, -0.1) is 0 Å². The standard InChI is InChI=1S/C24H31N3O3/c1-29-21-10-5-7-19(23(21)30-2)16-27-14-6-8-18(15-27)22(20-9-3-4-13-25-20)26-24(28)17-11-12-17/h3-5,7,9-10,13,17-18,22H,6,8,11-12,14-16H2,1-2H3,(H,26,28)/t18-,22+/m0/s1. The number of pyridine rings is 1. The number of carbonyl (C=O) groups excluding carboxylic acids is 1. The van der Waals surface area contributed by atoms with Crippen molar-refractivity contribution in [3.05, 3.63) is 53.9 Å². The van der Waals surface area contributed by atoms with Crippen molar-refractivity contribution in [2.24, 2.45) is 11.8 Å². The van der Waals surface area contributed by atoms with Crippen LogP contribution in [0.2, 0.25) is 0 Å². The van der Waals surface area contributed by atoms with Crippen LogP contribution in [0.1, 0.15) is 43.0 Å². The fourth-order valence-corrected chi connectivity index (χ4v) is 4.44. The first kappa shape index (κ1) is 20.7. The molecule has 6 heteroatoms. The van der Waals surface area contributed by atoms with Crippen LogP contribution in [0.15, 0.2) is 42.6 Å². The molecule has 1 aromatic heterocycles. The van der Waals surface area contributed by atoms with E-state index >= 15 is 0 Å². The summed E-state index contributed by atoms with van der Waals surface area (Å²) in [6, 6.07) is 11.9. The number of carbonyl (C=O) groups is 1. The van der Waals surface area contributed by atoms with Gasteiger partial charge < -0.3 is 14.8 Å². The van der Waals surface area contributed by atoms with Gasteiger partial charge in [0.05, 0.1) is 26.0 Å². The molecule has 160 valence electrons. The topological polar surface area (TPSA) is 63.7 Å². The molecule has 30 heavy (non-hydrogen) atoms. The zero-order valence-corrected chi connectivity index (χ0v) is 17.8. The number of hydrogen-bond acceptors (Lipinski definition) is 5. The highest BCUT2D eigenvalue weighted by Crippen LogP contribution is 2.35. The van der Waals surface area contributed by atoms with Crippen molar-refractivity contribution in [1.29, 1.82) is 0 Å². The minimum absolute atomic E-state index is 0.0469. The van der Waals surface area contributed by atoms with Crippen molar-refractivity contribution in [3.63, 3.8) is 0 Å². The minimum Gasteiger partial charge on any atom is -0.493 e. The quantitative estimate of drug-likeness (QED) is 0.722. The molecule has 1 saturated heterocycles. The Hall–Kier alpha value is -2.60. The van der Waals surface area contributed by atoms with E-state index < -0.39 is 0 Å². The predicted octanol–water partition coefficient (Wildman–Crippen LogP) is 3.58. The second kappa shape index (κ2) is 9.47. The van der Waals surface area contributed by atoms with Crippen LogP contribution in [0.3, 0.4) is 0 Å². The molecular formula is C24H31N3O3. The number of amides is 1. The zero-order valence-electron chi connectivity index (χ0n) is 17.8. The normalized spacial score (nSPS) is 20.4. The van der Waals surface area contributed by atoms with E-state index in [0.717, 1.165) is 68.1 Å². The Balaban J connectivity index is 1.50. The lowest BCUT2D eigenvalue weighted by Gasteiger charge is -2.37. The van der Waals surface area contributed by atoms with Crippen molar-refractivity contribution < 1.29 is 14.3 Å². The molecule has 6 nitrogen and oxygen atoms in total. The maximum atomic E-state index is 12.6. The van der Waals surface area contributed by atoms with E-state index in [1.54, 1.807) is 14.2 Å². The van der Waals surface area contributed by atoms with E-state index in [1.807, 2.05) is 36.5 Å². The first-order valence-electron chi connectivity index (χ1n) is 10.8. The Morgan fingerprint density at radius 3 is 2.73 bits per heavy atom. The van der Waals surface area contributed by atoms with E-state index in [9.17, 15) is 4.79 Å². The van der Waals surface area contributed by atoms with E-state index in [4.69, 9.17) is 9.47 Å². The van der Waals surface area contributed by atoms with Crippen molar-refractivity contribution in [2.75, 3.05) is 27.3 Å². The average molecular weight is 410 g/mol. The summed E-state index contributed by atoms with van der Waals surface area (Å²) in [6.45, 7) is 2.73. The van der Waals surface area contributed by atoms with Crippen molar-refractivity contribution in [2.45, 2.75) is 38.3 Å². The van der Waals surface area contributed by atoms with Gasteiger partial charge in [-0.1, -0.05) is 18.2 Å². The van der Waals surface area contributed by atoms with Gasteiger partial charge in [0.1, 0.15) is 0 Å². The largest absolute Gasteiger partial charge is 0.493 e. The van der Waals surface area contributed by atoms with Gasteiger partial charge in [-0.25, -0.2) is 0 Å². The molecule has 2 fully saturated rings. The molecule has 1 aliphatic heterocycles. The number of ether oxygens (including phenoxy) is 2. The maximum absolute atomic E-state index is 12.6. The third-order valence-corrected chi connectivity index (χ3v) is 6.14. The number of aromatic nitrogens is 1. The first-order valence-corrected chi connectivity index (χ1v) is 10.8. The van der Waals surface area contributed by atoms with E-state index in [-0.39, 0.29) is 17.9 Å². The summed E-state index contributed by atoms with van der Waals surface area (Å²) in [5, 5.41) is 3.32. The summed E-state index contributed by atoms with van der Waals surface area (Å²) in [7, 11) is 3.35. The van der Waals surface area contributed by atoms with Gasteiger partial charge in [0.2, 0.25) is 5.91 Å². The van der Waals surface area contributed by atoms with Crippen LogP contribution in [-0.4, -0.2) is 43.1 Å². The van der Waals surface area contributed by atoms with Crippen molar-refractivity contribution >= 4 is 5.91 Å². The summed E-state index contributed by atoms with van der Waals surface area (Å²) in [6.07, 6.45) is 6.01. The molecule has 0 bridgehead atoms. The number of likely N-dealkylation sites (tertiary alicyclic amines) is 1. The third-order valence-electron chi connectivity index (χ3n) is 6.14. The molecule has 1 N–H and O–H groups in total. The Morgan fingerprint density at radius 1 is 1.17 bits per heavy atom. The molecule has 0 spiro atoms. The van der Waals surface area contributed by atoms with Crippen LogP contribution in [-0.2, 0) is 11.3 Å². The molecule has 0 radical (unpaired) electrons. The van der Waals surface area contributed by atoms with E-state index in [1.165, 1.54) is 0 Å². The third kappa shape index (κ3) is 4.75. The first-order chi connectivity index (χ1) is 14.7. The van der Waals surface area contributed by atoms with Crippen LogP contribution in [0.25, 0.3) is 0 Å². The van der Waals surface area contributed by atoms with Crippen molar-refractivity contribution in [3.8, 4) is 11.5 Å². The fraction of sp³-hybridized carbons (Fsp3) is 0.500. The van der Waals surface area contributed by atoms with Crippen LogP contribution >= 0.6 is 0 Å². The molecule has 1 amide bonds. The predicted molar refractivity (Wildman–Crippen MR) is 115 cm³/mol. The van der Waals surface area contributed by atoms with Gasteiger partial charge in [-0.2, -0.15) is 0 Å². The lowest BCUT2D eigenvalue weighted by atomic mass is 9.88. The molecule has 0 unspecified atom stereocenters. The van der Waals surface area contributed by atoms with Gasteiger partial charge >= 0.3 is 0 Å². The molecule has 2 aromatic rings. The summed E-state index contributed by atoms with van der Waals surface area (Å²) in [5.41, 5.74) is 2.08. The molecule has 1 aromatic carbocycles. The Morgan fingerprint density at radius 2 is 2.03 bits per heavy atom. The second-order valence-electron chi connectivity index (χ2n) is 8.31. The number of benzene rings is 1. The molecule has 2 heterocycles. The van der Waals surface area contributed by atoms with Crippen LogP contribution in [0.5, 0.6) is 11.5 Å². The lowest BCUT2D eigenvalue weighted by Crippen LogP contribution is -2.43. The number of hydrogen-bond donors (Lipinski definition) is 1. The average Bonchev–Trinajstić information content (AvgIpc) is 3.63. The van der Waals surface area contributed by atoms with Gasteiger partial charge in [-0.05, 0) is 56.3 Å². The number of methoxy groups -OCH3 is 2. The summed E-state index contributed by atoms with van der Waals surface area (Å²) >= 11 is 0. The summed E-state index contributed by atoms with van der Waals surface area (Å²) < 4.78 is 11.1. The van der Waals surface area contributed by atoms with Gasteiger partial charge in [0.25, 0.3) is 0 Å². The molecular weight excluding hydrogens is 378 g/mol. The number of para-hydroxylation sites is 1. The number of piperidine rings is 1. The number of nitrogens with one attached hydrogen (secondary N) is 1. The Labute approximate surface area is 178 Å². The lowest BCUT2D eigenvalue weighted by molar-refractivity contribution is -0.123. The highest BCUT2D eigenvalue weighted by Gasteiger charge is 2.35. The number of rotatable bonds is 8.